The highest BCUT2D eigenvalue weighted by Crippen LogP contribution is 2.42. The van der Waals surface area contributed by atoms with Gasteiger partial charge in [-0.15, -0.1) is 0 Å². The van der Waals surface area contributed by atoms with Gasteiger partial charge in [0.1, 0.15) is 0 Å². The average molecular weight is 535 g/mol. The van der Waals surface area contributed by atoms with Gasteiger partial charge in [-0.2, -0.15) is 0 Å². The molecule has 4 heteroatoms. The number of rotatable bonds is 3. The molecule has 0 bridgehead atoms. The van der Waals surface area contributed by atoms with Gasteiger partial charge in [0.15, 0.2) is 0 Å². The molecular weight excluding hydrogens is 512 g/mol. The third-order valence-electron chi connectivity index (χ3n) is 8.36. The van der Waals surface area contributed by atoms with Gasteiger partial charge in [0.05, 0.1) is 28.1 Å². The van der Waals surface area contributed by atoms with Crippen molar-refractivity contribution in [2.75, 3.05) is 0 Å². The van der Waals surface area contributed by atoms with Crippen LogP contribution >= 0.6 is 0 Å². The Balaban J connectivity index is 1.29. The van der Waals surface area contributed by atoms with Crippen molar-refractivity contribution in [2.24, 2.45) is 0 Å². The summed E-state index contributed by atoms with van der Waals surface area (Å²) in [7, 11) is 0. The minimum atomic E-state index is 0.843. The molecule has 4 nitrogen and oxygen atoms in total. The lowest BCUT2D eigenvalue weighted by Gasteiger charge is -2.16. The van der Waals surface area contributed by atoms with E-state index in [4.69, 9.17) is 9.97 Å². The first kappa shape index (κ1) is 23.0. The largest absolute Gasteiger partial charge is 0.264 e. The van der Waals surface area contributed by atoms with Crippen LogP contribution in [0.5, 0.6) is 0 Å². The zero-order valence-electron chi connectivity index (χ0n) is 22.5. The first-order chi connectivity index (χ1) is 20.8. The van der Waals surface area contributed by atoms with Crippen LogP contribution in [0.25, 0.3) is 87.9 Å². The molecule has 0 saturated heterocycles. The zero-order chi connectivity index (χ0) is 27.6. The average Bonchev–Trinajstić information content (AvgIpc) is 3.07. The predicted octanol–water partition coefficient (Wildman–Crippen LogP) is 9.47. The van der Waals surface area contributed by atoms with Crippen molar-refractivity contribution in [3.63, 3.8) is 0 Å². The minimum Gasteiger partial charge on any atom is -0.264 e. The van der Waals surface area contributed by atoms with Crippen LogP contribution in [0.2, 0.25) is 0 Å². The van der Waals surface area contributed by atoms with Gasteiger partial charge in [-0.3, -0.25) is 9.97 Å². The second-order valence-corrected chi connectivity index (χ2v) is 10.7. The summed E-state index contributed by atoms with van der Waals surface area (Å²) in [5.74, 6) is 0. The molecule has 0 spiro atoms. The molecule has 9 rings (SSSR count). The standard InChI is InChI=1S/C38H22N4/c1-2-21-40-33(5-1)34-19-13-26-7-6-25-12-18-32(41-37(25)38(26)42-34)29-15-9-24-10-16-30-28(27-4-3-20-39-22-27)14-8-23-11-17-31(29)36(24)35(23)30/h1-22H. The fourth-order valence-electron chi connectivity index (χ4n) is 6.37. The van der Waals surface area contributed by atoms with Crippen molar-refractivity contribution in [2.45, 2.75) is 0 Å². The maximum atomic E-state index is 5.26. The lowest BCUT2D eigenvalue weighted by molar-refractivity contribution is 1.27. The highest BCUT2D eigenvalue weighted by atomic mass is 14.8. The quantitative estimate of drug-likeness (QED) is 0.212. The van der Waals surface area contributed by atoms with Crippen molar-refractivity contribution in [1.82, 2.24) is 19.9 Å². The summed E-state index contributed by atoms with van der Waals surface area (Å²) in [6, 6.07) is 40.5. The molecule has 0 N–H and O–H groups in total. The van der Waals surface area contributed by atoms with Crippen LogP contribution in [0.3, 0.4) is 0 Å². The molecule has 0 aliphatic heterocycles. The lowest BCUT2D eigenvalue weighted by atomic mass is 9.88. The fourth-order valence-corrected chi connectivity index (χ4v) is 6.37. The van der Waals surface area contributed by atoms with E-state index in [9.17, 15) is 0 Å². The van der Waals surface area contributed by atoms with Gasteiger partial charge >= 0.3 is 0 Å². The van der Waals surface area contributed by atoms with Crippen LogP contribution in [0.4, 0.5) is 0 Å². The van der Waals surface area contributed by atoms with E-state index in [0.29, 0.717) is 0 Å². The van der Waals surface area contributed by atoms with Crippen molar-refractivity contribution in [3.8, 4) is 33.8 Å². The van der Waals surface area contributed by atoms with Gasteiger partial charge in [0, 0.05) is 40.5 Å². The summed E-state index contributed by atoms with van der Waals surface area (Å²) < 4.78 is 0. The number of pyridine rings is 4. The summed E-state index contributed by atoms with van der Waals surface area (Å²) in [5, 5.41) is 9.56. The monoisotopic (exact) mass is 534 g/mol. The summed E-state index contributed by atoms with van der Waals surface area (Å²) in [6.07, 6.45) is 5.56. The van der Waals surface area contributed by atoms with E-state index in [1.807, 2.05) is 42.7 Å². The Labute approximate surface area is 241 Å². The van der Waals surface area contributed by atoms with E-state index in [-0.39, 0.29) is 0 Å². The third kappa shape index (κ3) is 3.42. The molecular formula is C38H22N4. The normalized spacial score (nSPS) is 11.8. The Kier molecular flexibility index (Phi) is 4.87. The molecule has 0 saturated carbocycles. The van der Waals surface area contributed by atoms with Crippen LogP contribution in [0.1, 0.15) is 0 Å². The summed E-state index contributed by atoms with van der Waals surface area (Å²) in [5.41, 5.74) is 7.84. The second-order valence-electron chi connectivity index (χ2n) is 10.7. The Bertz CT molecular complexity index is 2450. The van der Waals surface area contributed by atoms with Gasteiger partial charge in [0.25, 0.3) is 0 Å². The van der Waals surface area contributed by atoms with Crippen LogP contribution < -0.4 is 0 Å². The molecule has 5 aromatic carbocycles. The van der Waals surface area contributed by atoms with Crippen molar-refractivity contribution in [1.29, 1.82) is 0 Å². The number of hydrogen-bond donors (Lipinski definition) is 0. The number of aromatic nitrogens is 4. The lowest BCUT2D eigenvalue weighted by Crippen LogP contribution is -1.93. The SMILES string of the molecule is c1ccc(-c2ccc3ccc4ccc(-c5ccc6ccc7c(-c8cccnc8)ccc8ccc5c6c87)nc4c3n2)nc1. The highest BCUT2D eigenvalue weighted by Gasteiger charge is 2.16. The van der Waals surface area contributed by atoms with E-state index in [1.165, 1.54) is 37.9 Å². The van der Waals surface area contributed by atoms with Crippen molar-refractivity contribution >= 4 is 54.1 Å². The topological polar surface area (TPSA) is 51.6 Å². The smallest absolute Gasteiger partial charge is 0.0973 e. The number of hydrogen-bond acceptors (Lipinski definition) is 4. The highest BCUT2D eigenvalue weighted by molar-refractivity contribution is 6.27. The second kappa shape index (κ2) is 8.88. The van der Waals surface area contributed by atoms with Gasteiger partial charge < -0.3 is 0 Å². The fraction of sp³-hybridized carbons (Fsp3) is 0. The molecule has 4 aromatic heterocycles. The zero-order valence-corrected chi connectivity index (χ0v) is 22.5. The summed E-state index contributed by atoms with van der Waals surface area (Å²) in [4.78, 5) is 19.2. The van der Waals surface area contributed by atoms with Gasteiger partial charge in [-0.1, -0.05) is 84.9 Å². The van der Waals surface area contributed by atoms with Crippen LogP contribution in [-0.2, 0) is 0 Å². The molecule has 0 amide bonds. The number of benzene rings is 5. The molecule has 9 aromatic rings. The first-order valence-electron chi connectivity index (χ1n) is 14.1. The van der Waals surface area contributed by atoms with E-state index in [0.717, 1.165) is 50.0 Å². The van der Waals surface area contributed by atoms with E-state index < -0.39 is 0 Å². The molecule has 4 heterocycles. The summed E-state index contributed by atoms with van der Waals surface area (Å²) in [6.45, 7) is 0. The number of fused-ring (bicyclic) bond motifs is 3. The van der Waals surface area contributed by atoms with E-state index >= 15 is 0 Å². The molecule has 0 fully saturated rings. The van der Waals surface area contributed by atoms with Crippen molar-refractivity contribution < 1.29 is 0 Å². The Morgan fingerprint density at radius 2 is 1.02 bits per heavy atom. The molecule has 0 radical (unpaired) electrons. The molecule has 0 atom stereocenters. The Morgan fingerprint density at radius 3 is 1.71 bits per heavy atom. The van der Waals surface area contributed by atoms with Crippen LogP contribution in [0, 0.1) is 0 Å². The minimum absolute atomic E-state index is 0.843. The Hall–Kier alpha value is -5.74. The van der Waals surface area contributed by atoms with Crippen molar-refractivity contribution in [3.05, 3.63) is 134 Å². The predicted molar refractivity (Wildman–Crippen MR) is 173 cm³/mol. The molecule has 0 aliphatic carbocycles. The van der Waals surface area contributed by atoms with Gasteiger partial charge in [0.2, 0.25) is 0 Å². The summed E-state index contributed by atoms with van der Waals surface area (Å²) >= 11 is 0. The molecule has 194 valence electrons. The first-order valence-corrected chi connectivity index (χ1v) is 14.1. The van der Waals surface area contributed by atoms with Crippen LogP contribution in [-0.4, -0.2) is 19.9 Å². The molecule has 42 heavy (non-hydrogen) atoms. The van der Waals surface area contributed by atoms with E-state index in [2.05, 4.69) is 94.9 Å². The van der Waals surface area contributed by atoms with Gasteiger partial charge in [-0.05, 0) is 68.2 Å². The third-order valence-corrected chi connectivity index (χ3v) is 8.36. The maximum Gasteiger partial charge on any atom is 0.0973 e. The van der Waals surface area contributed by atoms with Crippen LogP contribution in [0.15, 0.2) is 134 Å². The van der Waals surface area contributed by atoms with E-state index in [1.54, 1.807) is 6.20 Å². The van der Waals surface area contributed by atoms with Gasteiger partial charge in [-0.25, -0.2) is 9.97 Å². The molecule has 0 aliphatic rings. The molecule has 0 unspecified atom stereocenters. The number of nitrogens with zero attached hydrogens (tertiary/aromatic N) is 4. The Morgan fingerprint density at radius 1 is 0.405 bits per heavy atom. The maximum absolute atomic E-state index is 5.26.